The van der Waals surface area contributed by atoms with Gasteiger partial charge in [-0.05, 0) is 38.1 Å². The minimum Gasteiger partial charge on any atom is -0.497 e. The quantitative estimate of drug-likeness (QED) is 0.837. The molecule has 1 unspecified atom stereocenters. The SMILES string of the molecule is COc1ccc(OC)c(CC(=O)NC(C)c2cc(C)ccc2OC)c1. The fourth-order valence-electron chi connectivity index (χ4n) is 2.76. The van der Waals surface area contributed by atoms with Crippen LogP contribution in [-0.2, 0) is 11.2 Å². The Labute approximate surface area is 148 Å². The second kappa shape index (κ2) is 8.42. The first-order valence-electron chi connectivity index (χ1n) is 8.13. The second-order valence-electron chi connectivity index (χ2n) is 5.89. The van der Waals surface area contributed by atoms with Gasteiger partial charge in [0.25, 0.3) is 0 Å². The summed E-state index contributed by atoms with van der Waals surface area (Å²) in [6.45, 7) is 3.95. The minimum atomic E-state index is -0.168. The van der Waals surface area contributed by atoms with Gasteiger partial charge in [0.05, 0.1) is 33.8 Å². The van der Waals surface area contributed by atoms with Crippen molar-refractivity contribution in [2.24, 2.45) is 0 Å². The number of nitrogens with one attached hydrogen (secondary N) is 1. The number of methoxy groups -OCH3 is 3. The molecule has 0 spiro atoms. The van der Waals surface area contributed by atoms with E-state index in [1.807, 2.05) is 38.1 Å². The molecule has 2 aromatic rings. The summed E-state index contributed by atoms with van der Waals surface area (Å²) in [5.74, 6) is 2.02. The molecule has 0 aromatic heterocycles. The molecule has 0 aliphatic heterocycles. The molecule has 0 heterocycles. The molecule has 0 fully saturated rings. The van der Waals surface area contributed by atoms with Crippen LogP contribution in [0.25, 0.3) is 0 Å². The summed E-state index contributed by atoms with van der Waals surface area (Å²) in [6.07, 6.45) is 0.207. The van der Waals surface area contributed by atoms with Gasteiger partial charge >= 0.3 is 0 Å². The van der Waals surface area contributed by atoms with Gasteiger partial charge < -0.3 is 19.5 Å². The number of amides is 1. The zero-order valence-corrected chi connectivity index (χ0v) is 15.4. The summed E-state index contributed by atoms with van der Waals surface area (Å²) in [5.41, 5.74) is 2.85. The van der Waals surface area contributed by atoms with Gasteiger partial charge in [0.15, 0.2) is 0 Å². The first-order chi connectivity index (χ1) is 12.0. The van der Waals surface area contributed by atoms with Gasteiger partial charge in [-0.3, -0.25) is 4.79 Å². The van der Waals surface area contributed by atoms with Crippen LogP contribution in [0.5, 0.6) is 17.2 Å². The van der Waals surface area contributed by atoms with Crippen molar-refractivity contribution in [3.05, 3.63) is 53.1 Å². The first kappa shape index (κ1) is 18.6. The number of hydrogen-bond donors (Lipinski definition) is 1. The number of aryl methyl sites for hydroxylation is 1. The van der Waals surface area contributed by atoms with Gasteiger partial charge in [-0.15, -0.1) is 0 Å². The van der Waals surface area contributed by atoms with Gasteiger partial charge in [0.1, 0.15) is 17.2 Å². The molecule has 5 nitrogen and oxygen atoms in total. The smallest absolute Gasteiger partial charge is 0.225 e. The number of benzene rings is 2. The number of carbonyl (C=O) groups is 1. The number of ether oxygens (including phenoxy) is 3. The van der Waals surface area contributed by atoms with E-state index in [9.17, 15) is 4.79 Å². The average molecular weight is 343 g/mol. The molecule has 0 saturated heterocycles. The lowest BCUT2D eigenvalue weighted by Gasteiger charge is -2.18. The molecule has 1 amide bonds. The van der Waals surface area contributed by atoms with Gasteiger partial charge in [-0.25, -0.2) is 0 Å². The van der Waals surface area contributed by atoms with Crippen LogP contribution in [0.2, 0.25) is 0 Å². The molecule has 25 heavy (non-hydrogen) atoms. The summed E-state index contributed by atoms with van der Waals surface area (Å²) < 4.78 is 16.0. The van der Waals surface area contributed by atoms with Crippen LogP contribution in [0, 0.1) is 6.92 Å². The van der Waals surface area contributed by atoms with E-state index in [1.54, 1.807) is 33.5 Å². The molecular weight excluding hydrogens is 318 g/mol. The number of hydrogen-bond acceptors (Lipinski definition) is 4. The fourth-order valence-corrected chi connectivity index (χ4v) is 2.76. The highest BCUT2D eigenvalue weighted by molar-refractivity contribution is 5.80. The molecule has 1 atom stereocenters. The Hall–Kier alpha value is -2.69. The standard InChI is InChI=1S/C20H25NO4/c1-13-6-8-19(25-5)17(10-13)14(2)21-20(22)12-15-11-16(23-3)7-9-18(15)24-4/h6-11,14H,12H2,1-5H3,(H,21,22). The third-order valence-corrected chi connectivity index (χ3v) is 4.07. The molecule has 0 radical (unpaired) electrons. The van der Waals surface area contributed by atoms with Gasteiger partial charge in [0.2, 0.25) is 5.91 Å². The summed E-state index contributed by atoms with van der Waals surface area (Å²) >= 11 is 0. The summed E-state index contributed by atoms with van der Waals surface area (Å²) in [7, 11) is 4.81. The Balaban J connectivity index is 2.14. The van der Waals surface area contributed by atoms with Crippen molar-refractivity contribution >= 4 is 5.91 Å². The number of rotatable bonds is 7. The molecule has 0 bridgehead atoms. The van der Waals surface area contributed by atoms with Crippen molar-refractivity contribution in [3.63, 3.8) is 0 Å². The topological polar surface area (TPSA) is 56.8 Å². The predicted molar refractivity (Wildman–Crippen MR) is 97.5 cm³/mol. The summed E-state index contributed by atoms with van der Waals surface area (Å²) in [5, 5.41) is 3.02. The highest BCUT2D eigenvalue weighted by atomic mass is 16.5. The maximum atomic E-state index is 12.5. The summed E-state index contributed by atoms with van der Waals surface area (Å²) in [6, 6.07) is 11.2. The zero-order valence-electron chi connectivity index (χ0n) is 15.4. The van der Waals surface area contributed by atoms with Crippen LogP contribution in [0.15, 0.2) is 36.4 Å². The van der Waals surface area contributed by atoms with Crippen LogP contribution in [0.1, 0.15) is 29.7 Å². The van der Waals surface area contributed by atoms with Crippen molar-refractivity contribution < 1.29 is 19.0 Å². The van der Waals surface area contributed by atoms with Crippen molar-refractivity contribution in [2.75, 3.05) is 21.3 Å². The Kier molecular flexibility index (Phi) is 6.28. The van der Waals surface area contributed by atoms with Crippen LogP contribution < -0.4 is 19.5 Å². The van der Waals surface area contributed by atoms with E-state index in [-0.39, 0.29) is 18.4 Å². The van der Waals surface area contributed by atoms with E-state index in [2.05, 4.69) is 5.32 Å². The maximum Gasteiger partial charge on any atom is 0.225 e. The molecule has 1 N–H and O–H groups in total. The predicted octanol–water partition coefficient (Wildman–Crippen LogP) is 3.44. The molecule has 0 aliphatic rings. The molecule has 2 aromatic carbocycles. The lowest BCUT2D eigenvalue weighted by atomic mass is 10.0. The normalized spacial score (nSPS) is 11.6. The molecule has 0 saturated carbocycles. The van der Waals surface area contributed by atoms with Gasteiger partial charge in [0, 0.05) is 11.1 Å². The van der Waals surface area contributed by atoms with Crippen molar-refractivity contribution in [1.29, 1.82) is 0 Å². The fraction of sp³-hybridized carbons (Fsp3) is 0.350. The highest BCUT2D eigenvalue weighted by Crippen LogP contribution is 2.27. The second-order valence-corrected chi connectivity index (χ2v) is 5.89. The lowest BCUT2D eigenvalue weighted by Crippen LogP contribution is -2.28. The van der Waals surface area contributed by atoms with Crippen LogP contribution in [0.3, 0.4) is 0 Å². The molecule has 0 aliphatic carbocycles. The Morgan fingerprint density at radius 1 is 1.00 bits per heavy atom. The molecule has 2 rings (SSSR count). The van der Waals surface area contributed by atoms with Crippen LogP contribution in [-0.4, -0.2) is 27.2 Å². The minimum absolute atomic E-state index is 0.0948. The largest absolute Gasteiger partial charge is 0.497 e. The van der Waals surface area contributed by atoms with Crippen molar-refractivity contribution in [3.8, 4) is 17.2 Å². The average Bonchev–Trinajstić information content (AvgIpc) is 2.61. The Morgan fingerprint density at radius 3 is 2.32 bits per heavy atom. The first-order valence-corrected chi connectivity index (χ1v) is 8.13. The summed E-state index contributed by atoms with van der Waals surface area (Å²) in [4.78, 5) is 12.5. The third-order valence-electron chi connectivity index (χ3n) is 4.07. The van der Waals surface area contributed by atoms with E-state index in [0.717, 1.165) is 22.4 Å². The lowest BCUT2D eigenvalue weighted by molar-refractivity contribution is -0.121. The molecule has 134 valence electrons. The van der Waals surface area contributed by atoms with Crippen molar-refractivity contribution in [1.82, 2.24) is 5.32 Å². The van der Waals surface area contributed by atoms with Gasteiger partial charge in [-0.1, -0.05) is 17.7 Å². The zero-order chi connectivity index (χ0) is 18.4. The van der Waals surface area contributed by atoms with E-state index in [0.29, 0.717) is 11.5 Å². The Bertz CT molecular complexity index is 742. The van der Waals surface area contributed by atoms with Gasteiger partial charge in [-0.2, -0.15) is 0 Å². The Morgan fingerprint density at radius 2 is 1.68 bits per heavy atom. The van der Waals surface area contributed by atoms with E-state index >= 15 is 0 Å². The van der Waals surface area contributed by atoms with E-state index in [1.165, 1.54) is 0 Å². The third kappa shape index (κ3) is 4.66. The number of carbonyl (C=O) groups excluding carboxylic acids is 1. The van der Waals surface area contributed by atoms with Crippen molar-refractivity contribution in [2.45, 2.75) is 26.3 Å². The monoisotopic (exact) mass is 343 g/mol. The van der Waals surface area contributed by atoms with E-state index < -0.39 is 0 Å². The maximum absolute atomic E-state index is 12.5. The molecular formula is C20H25NO4. The molecule has 5 heteroatoms. The van der Waals surface area contributed by atoms with Crippen LogP contribution >= 0.6 is 0 Å². The van der Waals surface area contributed by atoms with Crippen LogP contribution in [0.4, 0.5) is 0 Å². The van der Waals surface area contributed by atoms with E-state index in [4.69, 9.17) is 14.2 Å². The highest BCUT2D eigenvalue weighted by Gasteiger charge is 2.16.